The third kappa shape index (κ3) is 4.66. The molecule has 4 nitrogen and oxygen atoms in total. The van der Waals surface area contributed by atoms with Crippen LogP contribution in [-0.2, 0) is 0 Å². The number of fused-ring (bicyclic) bond motifs is 10. The van der Waals surface area contributed by atoms with Crippen LogP contribution in [0.4, 0.5) is 17.1 Å². The fraction of sp³-hybridized carbons (Fsp3) is 0. The number of aromatic nitrogens is 1. The SMILES string of the molecule is c1cc(N(c2ccc3oc4ccccc4c3c2)c2ccccc2-c2ccc3oc4cc5ccccc5cc4c3c2)cc(-n2c3ccccc3c3ccccc32)c1. The van der Waals surface area contributed by atoms with Crippen molar-refractivity contribution in [3.63, 3.8) is 0 Å². The van der Waals surface area contributed by atoms with Crippen LogP contribution in [-0.4, -0.2) is 4.57 Å². The number of anilines is 3. The molecule has 0 N–H and O–H groups in total. The number of hydrogen-bond donors (Lipinski definition) is 0. The lowest BCUT2D eigenvalue weighted by Gasteiger charge is -2.28. The molecule has 12 aromatic rings. The molecule has 262 valence electrons. The van der Waals surface area contributed by atoms with Gasteiger partial charge in [0, 0.05) is 54.9 Å². The summed E-state index contributed by atoms with van der Waals surface area (Å²) >= 11 is 0. The molecule has 0 bridgehead atoms. The van der Waals surface area contributed by atoms with E-state index < -0.39 is 0 Å². The van der Waals surface area contributed by atoms with Gasteiger partial charge in [-0.05, 0) is 101 Å². The largest absolute Gasteiger partial charge is 0.456 e. The molecule has 0 atom stereocenters. The first-order valence-corrected chi connectivity index (χ1v) is 19.0. The van der Waals surface area contributed by atoms with Crippen molar-refractivity contribution < 1.29 is 8.83 Å². The van der Waals surface area contributed by atoms with Crippen LogP contribution in [0.15, 0.2) is 203 Å². The first kappa shape index (κ1) is 30.9. The highest BCUT2D eigenvalue weighted by Gasteiger charge is 2.21. The maximum atomic E-state index is 6.42. The Kier molecular flexibility index (Phi) is 6.60. The Labute approximate surface area is 321 Å². The topological polar surface area (TPSA) is 34.5 Å². The second-order valence-corrected chi connectivity index (χ2v) is 14.5. The Morgan fingerprint density at radius 1 is 0.357 bits per heavy atom. The molecule has 0 saturated carbocycles. The van der Waals surface area contributed by atoms with Crippen LogP contribution in [0.25, 0.3) is 93.3 Å². The molecule has 0 amide bonds. The smallest absolute Gasteiger partial charge is 0.136 e. The van der Waals surface area contributed by atoms with E-state index in [-0.39, 0.29) is 0 Å². The predicted octanol–water partition coefficient (Wildman–Crippen LogP) is 14.9. The summed E-state index contributed by atoms with van der Waals surface area (Å²) in [6.45, 7) is 0. The highest BCUT2D eigenvalue weighted by atomic mass is 16.3. The van der Waals surface area contributed by atoms with Crippen LogP contribution in [0.5, 0.6) is 0 Å². The summed E-state index contributed by atoms with van der Waals surface area (Å²) in [7, 11) is 0. The minimum atomic E-state index is 0.868. The first-order chi connectivity index (χ1) is 27.7. The summed E-state index contributed by atoms with van der Waals surface area (Å²) < 4.78 is 15.1. The summed E-state index contributed by atoms with van der Waals surface area (Å²) in [5.41, 5.74) is 12.4. The van der Waals surface area contributed by atoms with Crippen molar-refractivity contribution in [1.29, 1.82) is 0 Å². The van der Waals surface area contributed by atoms with Gasteiger partial charge in [-0.2, -0.15) is 0 Å². The van der Waals surface area contributed by atoms with E-state index in [4.69, 9.17) is 8.83 Å². The highest BCUT2D eigenvalue weighted by Crippen LogP contribution is 2.45. The van der Waals surface area contributed by atoms with E-state index in [0.717, 1.165) is 77.8 Å². The molecule has 0 fully saturated rings. The monoisotopic (exact) mass is 716 g/mol. The average molecular weight is 717 g/mol. The van der Waals surface area contributed by atoms with Gasteiger partial charge in [-0.3, -0.25) is 0 Å². The Hall–Kier alpha value is -7.56. The van der Waals surface area contributed by atoms with Gasteiger partial charge in [-0.1, -0.05) is 109 Å². The van der Waals surface area contributed by atoms with E-state index in [1.165, 1.54) is 32.6 Å². The molecule has 3 aromatic heterocycles. The Morgan fingerprint density at radius 2 is 0.946 bits per heavy atom. The van der Waals surface area contributed by atoms with Crippen LogP contribution < -0.4 is 4.90 Å². The highest BCUT2D eigenvalue weighted by molar-refractivity contribution is 6.12. The van der Waals surface area contributed by atoms with Gasteiger partial charge < -0.3 is 18.3 Å². The van der Waals surface area contributed by atoms with Gasteiger partial charge in [0.1, 0.15) is 22.3 Å². The van der Waals surface area contributed by atoms with Gasteiger partial charge in [0.05, 0.1) is 16.7 Å². The molecule has 4 heteroatoms. The normalized spacial score (nSPS) is 11.9. The quantitative estimate of drug-likeness (QED) is 0.178. The van der Waals surface area contributed by atoms with Crippen molar-refractivity contribution in [2.24, 2.45) is 0 Å². The van der Waals surface area contributed by atoms with Gasteiger partial charge in [-0.15, -0.1) is 0 Å². The van der Waals surface area contributed by atoms with E-state index in [1.54, 1.807) is 0 Å². The fourth-order valence-corrected chi connectivity index (χ4v) is 8.79. The van der Waals surface area contributed by atoms with Crippen molar-refractivity contribution in [2.75, 3.05) is 4.90 Å². The third-order valence-electron chi connectivity index (χ3n) is 11.3. The van der Waals surface area contributed by atoms with Crippen LogP contribution in [0.2, 0.25) is 0 Å². The van der Waals surface area contributed by atoms with Crippen molar-refractivity contribution in [3.8, 4) is 16.8 Å². The van der Waals surface area contributed by atoms with E-state index in [1.807, 2.05) is 12.1 Å². The lowest BCUT2D eigenvalue weighted by molar-refractivity contribution is 0.669. The van der Waals surface area contributed by atoms with Crippen molar-refractivity contribution in [3.05, 3.63) is 194 Å². The Bertz CT molecular complexity index is 3460. The van der Waals surface area contributed by atoms with Crippen LogP contribution >= 0.6 is 0 Å². The molecule has 12 rings (SSSR count). The molecule has 0 radical (unpaired) electrons. The Morgan fingerprint density at radius 3 is 1.77 bits per heavy atom. The molecule has 0 unspecified atom stereocenters. The summed E-state index contributed by atoms with van der Waals surface area (Å²) in [5, 5.41) is 9.25. The molecule has 3 heterocycles. The average Bonchev–Trinajstić information content (AvgIpc) is 3.92. The summed E-state index contributed by atoms with van der Waals surface area (Å²) in [6, 6.07) is 69.2. The van der Waals surface area contributed by atoms with E-state index in [9.17, 15) is 0 Å². The molecule has 9 aromatic carbocycles. The van der Waals surface area contributed by atoms with Crippen molar-refractivity contribution in [2.45, 2.75) is 0 Å². The number of nitrogens with zero attached hydrogens (tertiary/aromatic N) is 2. The first-order valence-electron chi connectivity index (χ1n) is 19.0. The summed E-state index contributed by atoms with van der Waals surface area (Å²) in [4.78, 5) is 2.39. The Balaban J connectivity index is 1.09. The number of furan rings is 2. The molecule has 0 aliphatic rings. The zero-order valence-electron chi connectivity index (χ0n) is 30.2. The lowest BCUT2D eigenvalue weighted by Crippen LogP contribution is -2.11. The molecular formula is C52H32N2O2. The van der Waals surface area contributed by atoms with Crippen LogP contribution in [0, 0.1) is 0 Å². The molecular weight excluding hydrogens is 685 g/mol. The fourth-order valence-electron chi connectivity index (χ4n) is 8.79. The maximum Gasteiger partial charge on any atom is 0.136 e. The van der Waals surface area contributed by atoms with Crippen molar-refractivity contribution in [1.82, 2.24) is 4.57 Å². The summed E-state index contributed by atoms with van der Waals surface area (Å²) in [5.74, 6) is 0. The van der Waals surface area contributed by atoms with Gasteiger partial charge in [0.25, 0.3) is 0 Å². The zero-order valence-corrected chi connectivity index (χ0v) is 30.2. The molecule has 56 heavy (non-hydrogen) atoms. The van der Waals surface area contributed by atoms with Crippen molar-refractivity contribution >= 4 is 93.5 Å². The molecule has 0 spiro atoms. The van der Waals surface area contributed by atoms with E-state index in [0.29, 0.717) is 0 Å². The summed E-state index contributed by atoms with van der Waals surface area (Å²) in [6.07, 6.45) is 0. The predicted molar refractivity (Wildman–Crippen MR) is 233 cm³/mol. The van der Waals surface area contributed by atoms with Crippen LogP contribution in [0.3, 0.4) is 0 Å². The number of benzene rings is 9. The molecule has 0 saturated heterocycles. The minimum Gasteiger partial charge on any atom is -0.456 e. The number of para-hydroxylation sites is 4. The number of rotatable bonds is 5. The second-order valence-electron chi connectivity index (χ2n) is 14.5. The number of hydrogen-bond acceptors (Lipinski definition) is 3. The second kappa shape index (κ2) is 12.0. The molecule has 0 aliphatic heterocycles. The van der Waals surface area contributed by atoms with Gasteiger partial charge in [0.15, 0.2) is 0 Å². The van der Waals surface area contributed by atoms with Gasteiger partial charge in [-0.25, -0.2) is 0 Å². The standard InChI is InChI=1S/C52H32N2O2/c1-2-13-34-30-52-44(28-33(34)12-1)43-29-35(24-26-50(43)56-52)39-16-3-7-20-46(39)53(38-25-27-51-45(32-38)42-19-6-10-23-49(42)55-51)36-14-11-15-37(31-36)54-47-21-8-4-17-40(47)41-18-5-9-22-48(41)54/h1-32H. The van der Waals surface area contributed by atoms with E-state index >= 15 is 0 Å². The zero-order chi connectivity index (χ0) is 36.7. The van der Waals surface area contributed by atoms with Crippen LogP contribution in [0.1, 0.15) is 0 Å². The molecule has 0 aliphatic carbocycles. The lowest BCUT2D eigenvalue weighted by atomic mass is 9.99. The van der Waals surface area contributed by atoms with Gasteiger partial charge in [0.2, 0.25) is 0 Å². The third-order valence-corrected chi connectivity index (χ3v) is 11.3. The minimum absolute atomic E-state index is 0.868. The van der Waals surface area contributed by atoms with Gasteiger partial charge >= 0.3 is 0 Å². The van der Waals surface area contributed by atoms with E-state index in [2.05, 4.69) is 191 Å². The maximum absolute atomic E-state index is 6.42.